The van der Waals surface area contributed by atoms with Crippen molar-refractivity contribution in [3.8, 4) is 5.75 Å². The number of carboxylic acids is 1. The Bertz CT molecular complexity index is 598. The lowest BCUT2D eigenvalue weighted by Crippen LogP contribution is -2.41. The summed E-state index contributed by atoms with van der Waals surface area (Å²) in [5.74, 6) is -1.54. The molecule has 0 aliphatic heterocycles. The van der Waals surface area contributed by atoms with Gasteiger partial charge in [-0.05, 0) is 36.4 Å². The summed E-state index contributed by atoms with van der Waals surface area (Å²) in [5, 5.41) is 10.5. The molecule has 0 saturated heterocycles. The van der Waals surface area contributed by atoms with Gasteiger partial charge in [-0.2, -0.15) is 0 Å². The number of benzene rings is 1. The highest BCUT2D eigenvalue weighted by atomic mass is 32.2. The number of nitrogens with one attached hydrogen (secondary N) is 1. The topological polar surface area (TPSA) is 110 Å². The summed E-state index contributed by atoms with van der Waals surface area (Å²) in [4.78, 5) is 44.5. The van der Waals surface area contributed by atoms with Crippen LogP contribution in [0.5, 0.6) is 5.75 Å². The first-order valence-corrected chi connectivity index (χ1v) is 7.69. The van der Waals surface area contributed by atoms with E-state index >= 15 is 0 Å². The highest BCUT2D eigenvalue weighted by Gasteiger charge is 2.20. The summed E-state index contributed by atoms with van der Waals surface area (Å²) >= 11 is 0.654. The van der Waals surface area contributed by atoms with Crippen molar-refractivity contribution >= 4 is 34.7 Å². The van der Waals surface area contributed by atoms with Gasteiger partial charge in [-0.3, -0.25) is 9.59 Å². The first-order chi connectivity index (χ1) is 10.8. The van der Waals surface area contributed by atoms with Crippen LogP contribution < -0.4 is 10.1 Å². The van der Waals surface area contributed by atoms with E-state index in [-0.39, 0.29) is 11.5 Å². The Balaban J connectivity index is 2.51. The Morgan fingerprint density at radius 3 is 2.26 bits per heavy atom. The van der Waals surface area contributed by atoms with Gasteiger partial charge in [0.1, 0.15) is 17.6 Å². The Morgan fingerprint density at radius 1 is 1.17 bits per heavy atom. The minimum Gasteiger partial charge on any atom is -0.480 e. The zero-order valence-electron chi connectivity index (χ0n) is 12.7. The number of Topliss-reactive ketones (excluding diaryl/α,β-unsaturated/α-hetero) is 1. The van der Waals surface area contributed by atoms with Gasteiger partial charge in [-0.25, -0.2) is 9.59 Å². The minimum atomic E-state index is -1.23. The van der Waals surface area contributed by atoms with E-state index in [0.717, 1.165) is 5.56 Å². The van der Waals surface area contributed by atoms with Crippen LogP contribution in [0.4, 0.5) is 4.79 Å². The molecule has 23 heavy (non-hydrogen) atoms. The number of ketones is 1. The maximum Gasteiger partial charge on any atom is 0.372 e. The van der Waals surface area contributed by atoms with Gasteiger partial charge in [0.05, 0.1) is 0 Å². The maximum absolute atomic E-state index is 11.7. The second-order valence-electron chi connectivity index (χ2n) is 4.78. The van der Waals surface area contributed by atoms with Crippen LogP contribution >= 0.6 is 11.8 Å². The molecule has 1 rings (SSSR count). The second-order valence-corrected chi connectivity index (χ2v) is 5.73. The van der Waals surface area contributed by atoms with Crippen LogP contribution in [0.3, 0.4) is 0 Å². The monoisotopic (exact) mass is 339 g/mol. The number of aliphatic carboxylic acids is 1. The number of rotatable bonds is 7. The number of ether oxygens (including phenoxy) is 1. The SMILES string of the molecule is CC(=O)Cc1ccc(OC(=O)SCC(NC(C)=O)C(=O)O)cc1. The third-order valence-corrected chi connectivity index (χ3v) is 3.44. The Hall–Kier alpha value is -2.35. The lowest BCUT2D eigenvalue weighted by molar-refractivity contribution is -0.140. The van der Waals surface area contributed by atoms with Crippen LogP contribution in [-0.4, -0.2) is 39.9 Å². The molecule has 1 aromatic rings. The molecular formula is C15H17NO6S. The first kappa shape index (κ1) is 18.7. The average molecular weight is 339 g/mol. The van der Waals surface area contributed by atoms with Gasteiger partial charge in [-0.15, -0.1) is 0 Å². The lowest BCUT2D eigenvalue weighted by Gasteiger charge is -2.12. The third-order valence-electron chi connectivity index (χ3n) is 2.62. The number of hydrogen-bond acceptors (Lipinski definition) is 6. The van der Waals surface area contributed by atoms with Crippen molar-refractivity contribution in [2.45, 2.75) is 26.3 Å². The molecule has 1 atom stereocenters. The van der Waals surface area contributed by atoms with E-state index in [2.05, 4.69) is 5.32 Å². The van der Waals surface area contributed by atoms with E-state index in [9.17, 15) is 19.2 Å². The molecule has 124 valence electrons. The summed E-state index contributed by atoms with van der Waals surface area (Å²) in [5.41, 5.74) is 0.807. The van der Waals surface area contributed by atoms with Gasteiger partial charge in [0.25, 0.3) is 0 Å². The smallest absolute Gasteiger partial charge is 0.372 e. The average Bonchev–Trinajstić information content (AvgIpc) is 2.44. The zero-order valence-corrected chi connectivity index (χ0v) is 13.5. The van der Waals surface area contributed by atoms with Crippen molar-refractivity contribution in [1.82, 2.24) is 5.32 Å². The number of hydrogen-bond donors (Lipinski definition) is 2. The van der Waals surface area contributed by atoms with Gasteiger partial charge >= 0.3 is 11.3 Å². The van der Waals surface area contributed by atoms with Crippen molar-refractivity contribution in [3.05, 3.63) is 29.8 Å². The second kappa shape index (κ2) is 8.94. The molecule has 0 bridgehead atoms. The Labute approximate surface area is 137 Å². The molecule has 0 aliphatic carbocycles. The van der Waals surface area contributed by atoms with E-state index in [4.69, 9.17) is 9.84 Å². The van der Waals surface area contributed by atoms with Crippen LogP contribution in [0.25, 0.3) is 0 Å². The third kappa shape index (κ3) is 7.46. The van der Waals surface area contributed by atoms with E-state index in [1.54, 1.807) is 24.3 Å². The zero-order chi connectivity index (χ0) is 17.4. The van der Waals surface area contributed by atoms with E-state index in [1.165, 1.54) is 13.8 Å². The molecule has 1 aromatic carbocycles. The Morgan fingerprint density at radius 2 is 1.78 bits per heavy atom. The fourth-order valence-electron chi connectivity index (χ4n) is 1.66. The normalized spacial score (nSPS) is 11.4. The molecule has 0 aromatic heterocycles. The summed E-state index contributed by atoms with van der Waals surface area (Å²) < 4.78 is 5.04. The number of carbonyl (C=O) groups is 4. The predicted molar refractivity (Wildman–Crippen MR) is 84.5 cm³/mol. The Kier molecular flexibility index (Phi) is 7.27. The minimum absolute atomic E-state index is 0.0305. The van der Waals surface area contributed by atoms with Crippen molar-refractivity contribution in [2.75, 3.05) is 5.75 Å². The maximum atomic E-state index is 11.7. The quantitative estimate of drug-likeness (QED) is 0.727. The molecule has 0 aliphatic rings. The van der Waals surface area contributed by atoms with Crippen LogP contribution in [0, 0.1) is 0 Å². The van der Waals surface area contributed by atoms with Crippen molar-refractivity contribution < 1.29 is 29.0 Å². The summed E-state index contributed by atoms with van der Waals surface area (Å²) in [6.45, 7) is 2.68. The molecule has 8 heteroatoms. The summed E-state index contributed by atoms with van der Waals surface area (Å²) in [6.07, 6.45) is 0.306. The number of carbonyl (C=O) groups excluding carboxylic acids is 3. The molecule has 2 N–H and O–H groups in total. The first-order valence-electron chi connectivity index (χ1n) is 6.71. The van der Waals surface area contributed by atoms with Gasteiger partial charge in [0, 0.05) is 19.1 Å². The number of amides is 1. The van der Waals surface area contributed by atoms with Crippen molar-refractivity contribution in [2.24, 2.45) is 0 Å². The molecular weight excluding hydrogens is 322 g/mol. The predicted octanol–water partition coefficient (Wildman–Crippen LogP) is 1.64. The van der Waals surface area contributed by atoms with Crippen LogP contribution in [0.1, 0.15) is 19.4 Å². The standard InChI is InChI=1S/C15H17NO6S/c1-9(17)7-11-3-5-12(6-4-11)22-15(21)23-8-13(14(19)20)16-10(2)18/h3-6,13H,7-8H2,1-2H3,(H,16,18)(H,19,20). The fraction of sp³-hybridized carbons (Fsp3) is 0.333. The van der Waals surface area contributed by atoms with Gasteiger partial charge in [0.15, 0.2) is 0 Å². The molecule has 1 unspecified atom stereocenters. The van der Waals surface area contributed by atoms with Gasteiger partial charge in [-0.1, -0.05) is 12.1 Å². The van der Waals surface area contributed by atoms with E-state index < -0.39 is 23.2 Å². The lowest BCUT2D eigenvalue weighted by atomic mass is 10.1. The van der Waals surface area contributed by atoms with Gasteiger partial charge < -0.3 is 15.2 Å². The summed E-state index contributed by atoms with van der Waals surface area (Å²) in [6, 6.07) is 5.29. The van der Waals surface area contributed by atoms with Crippen molar-refractivity contribution in [3.63, 3.8) is 0 Å². The number of carboxylic acid groups (broad SMARTS) is 1. The highest BCUT2D eigenvalue weighted by molar-refractivity contribution is 8.13. The molecule has 0 saturated carbocycles. The molecule has 7 nitrogen and oxygen atoms in total. The molecule has 0 fully saturated rings. The van der Waals surface area contributed by atoms with Gasteiger partial charge in [0.2, 0.25) is 5.91 Å². The molecule has 0 heterocycles. The van der Waals surface area contributed by atoms with E-state index in [1.807, 2.05) is 0 Å². The molecule has 1 amide bonds. The number of thioether (sulfide) groups is 1. The molecule has 0 spiro atoms. The van der Waals surface area contributed by atoms with E-state index in [0.29, 0.717) is 23.9 Å². The fourth-order valence-corrected chi connectivity index (χ4v) is 2.34. The largest absolute Gasteiger partial charge is 0.480 e. The van der Waals surface area contributed by atoms with Crippen LogP contribution in [0.2, 0.25) is 0 Å². The van der Waals surface area contributed by atoms with Crippen molar-refractivity contribution in [1.29, 1.82) is 0 Å². The molecule has 0 radical (unpaired) electrons. The highest BCUT2D eigenvalue weighted by Crippen LogP contribution is 2.17. The summed E-state index contributed by atoms with van der Waals surface area (Å²) in [7, 11) is 0. The van der Waals surface area contributed by atoms with Crippen LogP contribution in [-0.2, 0) is 20.8 Å². The van der Waals surface area contributed by atoms with Crippen LogP contribution in [0.15, 0.2) is 24.3 Å².